The van der Waals surface area contributed by atoms with Crippen molar-refractivity contribution >= 4 is 0 Å². The molecule has 0 spiro atoms. The standard InChI is InChI=1S/C10H16F2N2/c1-9(2,7-13)8-14-5-3-10(11,12)4-6-14/h3-6,8H2,1-2H3. The van der Waals surface area contributed by atoms with E-state index in [2.05, 4.69) is 6.07 Å². The van der Waals surface area contributed by atoms with Crippen LogP contribution in [-0.4, -0.2) is 30.5 Å². The summed E-state index contributed by atoms with van der Waals surface area (Å²) in [6.45, 7) is 5.05. The van der Waals surface area contributed by atoms with Crippen molar-refractivity contribution < 1.29 is 8.78 Å². The van der Waals surface area contributed by atoms with Gasteiger partial charge < -0.3 is 4.90 Å². The predicted molar refractivity (Wildman–Crippen MR) is 50.0 cm³/mol. The van der Waals surface area contributed by atoms with Gasteiger partial charge in [0.1, 0.15) is 0 Å². The number of hydrogen-bond donors (Lipinski definition) is 0. The number of halogens is 2. The fourth-order valence-electron chi connectivity index (χ4n) is 1.63. The molecule has 4 heteroatoms. The molecule has 1 heterocycles. The molecule has 1 aliphatic heterocycles. The fraction of sp³-hybridized carbons (Fsp3) is 0.900. The third kappa shape index (κ3) is 3.22. The molecular formula is C10H16F2N2. The molecule has 0 atom stereocenters. The van der Waals surface area contributed by atoms with Gasteiger partial charge in [-0.15, -0.1) is 0 Å². The Kier molecular flexibility index (Phi) is 3.10. The third-order valence-electron chi connectivity index (χ3n) is 2.51. The van der Waals surface area contributed by atoms with Crippen LogP contribution in [-0.2, 0) is 0 Å². The van der Waals surface area contributed by atoms with Crippen LogP contribution in [0.15, 0.2) is 0 Å². The summed E-state index contributed by atoms with van der Waals surface area (Å²) in [5.41, 5.74) is -0.438. The van der Waals surface area contributed by atoms with E-state index in [0.717, 1.165) is 0 Å². The van der Waals surface area contributed by atoms with Gasteiger partial charge in [-0.25, -0.2) is 8.78 Å². The van der Waals surface area contributed by atoms with Crippen molar-refractivity contribution in [2.24, 2.45) is 5.41 Å². The predicted octanol–water partition coefficient (Wildman–Crippen LogP) is 2.27. The SMILES string of the molecule is CC(C)(C#N)CN1CCC(F)(F)CC1. The van der Waals surface area contributed by atoms with Crippen molar-refractivity contribution in [1.29, 1.82) is 5.26 Å². The lowest BCUT2D eigenvalue weighted by atomic mass is 9.93. The number of likely N-dealkylation sites (tertiary alicyclic amines) is 1. The summed E-state index contributed by atoms with van der Waals surface area (Å²) in [4.78, 5) is 1.95. The number of nitriles is 1. The maximum absolute atomic E-state index is 12.8. The highest BCUT2D eigenvalue weighted by molar-refractivity contribution is 4.95. The Morgan fingerprint density at radius 1 is 1.36 bits per heavy atom. The molecule has 0 aromatic rings. The van der Waals surface area contributed by atoms with Crippen LogP contribution in [0.1, 0.15) is 26.7 Å². The summed E-state index contributed by atoms with van der Waals surface area (Å²) in [6, 6.07) is 2.18. The van der Waals surface area contributed by atoms with Crippen LogP contribution in [0.3, 0.4) is 0 Å². The van der Waals surface area contributed by atoms with Crippen molar-refractivity contribution in [3.05, 3.63) is 0 Å². The van der Waals surface area contributed by atoms with E-state index in [4.69, 9.17) is 5.26 Å². The van der Waals surface area contributed by atoms with E-state index in [1.807, 2.05) is 18.7 Å². The molecule has 0 unspecified atom stereocenters. The minimum atomic E-state index is -2.49. The summed E-state index contributed by atoms with van der Waals surface area (Å²) in [6.07, 6.45) is -0.150. The molecule has 1 saturated heterocycles. The number of piperidine rings is 1. The van der Waals surface area contributed by atoms with Gasteiger partial charge >= 0.3 is 0 Å². The van der Waals surface area contributed by atoms with E-state index in [1.165, 1.54) is 0 Å². The van der Waals surface area contributed by atoms with Crippen molar-refractivity contribution in [2.75, 3.05) is 19.6 Å². The van der Waals surface area contributed by atoms with E-state index < -0.39 is 11.3 Å². The first-order chi connectivity index (χ1) is 6.35. The Bertz CT molecular complexity index is 233. The van der Waals surface area contributed by atoms with Gasteiger partial charge in [0.25, 0.3) is 5.92 Å². The van der Waals surface area contributed by atoms with E-state index >= 15 is 0 Å². The number of alkyl halides is 2. The van der Waals surface area contributed by atoms with Crippen molar-refractivity contribution in [2.45, 2.75) is 32.6 Å². The number of rotatable bonds is 2. The van der Waals surface area contributed by atoms with Gasteiger partial charge in [0.15, 0.2) is 0 Å². The van der Waals surface area contributed by atoms with Crippen LogP contribution in [0.2, 0.25) is 0 Å². The molecule has 1 fully saturated rings. The Morgan fingerprint density at radius 2 is 1.86 bits per heavy atom. The van der Waals surface area contributed by atoms with Crippen molar-refractivity contribution in [1.82, 2.24) is 4.90 Å². The molecule has 0 aromatic carbocycles. The molecular weight excluding hydrogens is 186 g/mol. The van der Waals surface area contributed by atoms with Crippen LogP contribution in [0.25, 0.3) is 0 Å². The van der Waals surface area contributed by atoms with Gasteiger partial charge in [-0.05, 0) is 13.8 Å². The van der Waals surface area contributed by atoms with Crippen molar-refractivity contribution in [3.8, 4) is 6.07 Å². The summed E-state index contributed by atoms with van der Waals surface area (Å²) in [5, 5.41) is 8.80. The van der Waals surface area contributed by atoms with Gasteiger partial charge in [0.2, 0.25) is 0 Å². The van der Waals surface area contributed by atoms with E-state index in [9.17, 15) is 8.78 Å². The Balaban J connectivity index is 2.41. The highest BCUT2D eigenvalue weighted by Gasteiger charge is 2.35. The fourth-order valence-corrected chi connectivity index (χ4v) is 1.63. The van der Waals surface area contributed by atoms with Crippen LogP contribution in [0.5, 0.6) is 0 Å². The van der Waals surface area contributed by atoms with Gasteiger partial charge in [-0.2, -0.15) is 5.26 Å². The molecule has 0 bridgehead atoms. The Hall–Kier alpha value is -0.690. The maximum Gasteiger partial charge on any atom is 0.250 e. The van der Waals surface area contributed by atoms with Gasteiger partial charge in [-0.1, -0.05) is 0 Å². The van der Waals surface area contributed by atoms with Crippen LogP contribution in [0, 0.1) is 16.7 Å². The lowest BCUT2D eigenvalue weighted by molar-refractivity contribution is -0.0584. The summed E-state index contributed by atoms with van der Waals surface area (Å²) in [5.74, 6) is -2.49. The average molecular weight is 202 g/mol. The monoisotopic (exact) mass is 202 g/mol. The summed E-state index contributed by atoms with van der Waals surface area (Å²) >= 11 is 0. The minimum Gasteiger partial charge on any atom is -0.301 e. The van der Waals surface area contributed by atoms with Gasteiger partial charge in [-0.3, -0.25) is 0 Å². The minimum absolute atomic E-state index is 0.0749. The zero-order valence-corrected chi connectivity index (χ0v) is 8.69. The molecule has 0 N–H and O–H groups in total. The van der Waals surface area contributed by atoms with Crippen LogP contribution in [0.4, 0.5) is 8.78 Å². The van der Waals surface area contributed by atoms with Gasteiger partial charge in [0, 0.05) is 32.5 Å². The topological polar surface area (TPSA) is 27.0 Å². The lowest BCUT2D eigenvalue weighted by Crippen LogP contribution is -2.43. The normalized spacial score (nSPS) is 23.1. The molecule has 0 aromatic heterocycles. The number of hydrogen-bond acceptors (Lipinski definition) is 2. The molecule has 0 radical (unpaired) electrons. The smallest absolute Gasteiger partial charge is 0.250 e. The second-order valence-electron chi connectivity index (χ2n) is 4.63. The maximum atomic E-state index is 12.8. The average Bonchev–Trinajstić information content (AvgIpc) is 2.09. The molecule has 0 saturated carbocycles. The molecule has 0 aliphatic carbocycles. The second kappa shape index (κ2) is 3.82. The van der Waals surface area contributed by atoms with Crippen LogP contribution >= 0.6 is 0 Å². The van der Waals surface area contributed by atoms with Crippen molar-refractivity contribution in [3.63, 3.8) is 0 Å². The third-order valence-corrected chi connectivity index (χ3v) is 2.51. The summed E-state index contributed by atoms with van der Waals surface area (Å²) < 4.78 is 25.6. The quantitative estimate of drug-likeness (QED) is 0.686. The van der Waals surface area contributed by atoms with Gasteiger partial charge in [0.05, 0.1) is 11.5 Å². The Morgan fingerprint density at radius 3 is 2.29 bits per heavy atom. The Labute approximate surface area is 83.5 Å². The zero-order chi connectivity index (χ0) is 10.8. The number of nitrogens with zero attached hydrogens (tertiary/aromatic N) is 2. The largest absolute Gasteiger partial charge is 0.301 e. The first-order valence-electron chi connectivity index (χ1n) is 4.86. The first-order valence-corrected chi connectivity index (χ1v) is 4.86. The van der Waals surface area contributed by atoms with E-state index in [-0.39, 0.29) is 12.8 Å². The molecule has 2 nitrogen and oxygen atoms in total. The highest BCUT2D eigenvalue weighted by atomic mass is 19.3. The molecule has 1 rings (SSSR count). The molecule has 14 heavy (non-hydrogen) atoms. The molecule has 0 amide bonds. The second-order valence-corrected chi connectivity index (χ2v) is 4.63. The lowest BCUT2D eigenvalue weighted by Gasteiger charge is -2.34. The molecule has 1 aliphatic rings. The van der Waals surface area contributed by atoms with E-state index in [0.29, 0.717) is 19.6 Å². The summed E-state index contributed by atoms with van der Waals surface area (Å²) in [7, 11) is 0. The first kappa shape index (κ1) is 11.4. The highest BCUT2D eigenvalue weighted by Crippen LogP contribution is 2.29. The zero-order valence-electron chi connectivity index (χ0n) is 8.69. The molecule has 80 valence electrons. The van der Waals surface area contributed by atoms with E-state index in [1.54, 1.807) is 0 Å². The van der Waals surface area contributed by atoms with Crippen LogP contribution < -0.4 is 0 Å².